The van der Waals surface area contributed by atoms with Crippen molar-refractivity contribution in [3.63, 3.8) is 0 Å². The molecule has 3 aromatic rings. The molecule has 1 aliphatic heterocycles. The first kappa shape index (κ1) is 15.4. The zero-order valence-electron chi connectivity index (χ0n) is 13.5. The standard InChI is InChI=1S/C19H16FN5/c20-16-5-2-1-4-15(16)13-25-18(14-6-10-21-11-7-14)12-17(24-25)19-22-8-3-9-23-19/h1-6,8-12,14H,7,13H2. The van der Waals surface area contributed by atoms with E-state index in [0.29, 0.717) is 23.6 Å². The average Bonchev–Trinajstić information content (AvgIpc) is 3.09. The summed E-state index contributed by atoms with van der Waals surface area (Å²) in [4.78, 5) is 12.7. The molecule has 0 aliphatic carbocycles. The van der Waals surface area contributed by atoms with E-state index in [4.69, 9.17) is 0 Å². The van der Waals surface area contributed by atoms with E-state index in [1.165, 1.54) is 6.07 Å². The van der Waals surface area contributed by atoms with Gasteiger partial charge in [0.1, 0.15) is 11.5 Å². The van der Waals surface area contributed by atoms with Gasteiger partial charge in [0.2, 0.25) is 0 Å². The minimum absolute atomic E-state index is 0.147. The van der Waals surface area contributed by atoms with E-state index in [0.717, 1.165) is 12.1 Å². The number of allylic oxidation sites excluding steroid dienone is 1. The van der Waals surface area contributed by atoms with E-state index in [2.05, 4.69) is 20.1 Å². The predicted molar refractivity (Wildman–Crippen MR) is 93.7 cm³/mol. The van der Waals surface area contributed by atoms with Gasteiger partial charge in [0.05, 0.1) is 6.54 Å². The summed E-state index contributed by atoms with van der Waals surface area (Å²) < 4.78 is 15.9. The van der Waals surface area contributed by atoms with E-state index < -0.39 is 0 Å². The van der Waals surface area contributed by atoms with Crippen LogP contribution in [0.25, 0.3) is 11.5 Å². The maximum Gasteiger partial charge on any atom is 0.179 e. The summed E-state index contributed by atoms with van der Waals surface area (Å²) in [6.45, 7) is 0.357. The lowest BCUT2D eigenvalue weighted by molar-refractivity contribution is 0.569. The van der Waals surface area contributed by atoms with Crippen LogP contribution in [-0.4, -0.2) is 26.0 Å². The van der Waals surface area contributed by atoms with E-state index in [1.54, 1.807) is 36.8 Å². The molecule has 1 atom stereocenters. The van der Waals surface area contributed by atoms with Gasteiger partial charge in [0.15, 0.2) is 5.82 Å². The molecule has 6 heteroatoms. The zero-order chi connectivity index (χ0) is 17.1. The van der Waals surface area contributed by atoms with Crippen LogP contribution in [0.15, 0.2) is 66.1 Å². The third-order valence-corrected chi connectivity index (χ3v) is 4.13. The fourth-order valence-corrected chi connectivity index (χ4v) is 2.87. The zero-order valence-corrected chi connectivity index (χ0v) is 13.5. The lowest BCUT2D eigenvalue weighted by Gasteiger charge is -2.15. The topological polar surface area (TPSA) is 56.0 Å². The minimum atomic E-state index is -0.234. The maximum atomic E-state index is 14.1. The van der Waals surface area contributed by atoms with Gasteiger partial charge in [0.25, 0.3) is 0 Å². The van der Waals surface area contributed by atoms with Crippen molar-refractivity contribution in [1.82, 2.24) is 19.7 Å². The summed E-state index contributed by atoms with van der Waals surface area (Å²) in [6, 6.07) is 10.5. The molecule has 3 heterocycles. The molecule has 5 nitrogen and oxygen atoms in total. The van der Waals surface area contributed by atoms with Crippen LogP contribution in [0.2, 0.25) is 0 Å². The van der Waals surface area contributed by atoms with Gasteiger partial charge < -0.3 is 0 Å². The van der Waals surface area contributed by atoms with Crippen LogP contribution in [-0.2, 0) is 6.54 Å². The molecule has 0 amide bonds. The highest BCUT2D eigenvalue weighted by Gasteiger charge is 2.19. The Bertz CT molecular complexity index is 930. The monoisotopic (exact) mass is 333 g/mol. The number of aliphatic imine (C=N–C) groups is 1. The van der Waals surface area contributed by atoms with Gasteiger partial charge in [-0.2, -0.15) is 5.10 Å². The number of nitrogens with zero attached hydrogens (tertiary/aromatic N) is 5. The molecule has 124 valence electrons. The van der Waals surface area contributed by atoms with Crippen LogP contribution in [0.3, 0.4) is 0 Å². The molecule has 1 aromatic carbocycles. The molecule has 0 saturated heterocycles. The number of aromatic nitrogens is 4. The van der Waals surface area contributed by atoms with Crippen LogP contribution < -0.4 is 0 Å². The van der Waals surface area contributed by atoms with Crippen LogP contribution in [0.4, 0.5) is 4.39 Å². The lowest BCUT2D eigenvalue weighted by atomic mass is 10.00. The second-order valence-corrected chi connectivity index (χ2v) is 5.79. The van der Waals surface area contributed by atoms with Crippen molar-refractivity contribution in [2.75, 3.05) is 0 Å². The second-order valence-electron chi connectivity index (χ2n) is 5.79. The van der Waals surface area contributed by atoms with Gasteiger partial charge in [-0.25, -0.2) is 14.4 Å². The Balaban J connectivity index is 1.75. The van der Waals surface area contributed by atoms with Crippen LogP contribution in [0, 0.1) is 5.82 Å². The van der Waals surface area contributed by atoms with Gasteiger partial charge in [-0.1, -0.05) is 24.3 Å². The average molecular weight is 333 g/mol. The molecule has 1 unspecified atom stereocenters. The van der Waals surface area contributed by atoms with Gasteiger partial charge in [0, 0.05) is 42.0 Å². The third kappa shape index (κ3) is 3.24. The van der Waals surface area contributed by atoms with E-state index >= 15 is 0 Å². The Morgan fingerprint density at radius 1 is 1.12 bits per heavy atom. The van der Waals surface area contributed by atoms with Crippen molar-refractivity contribution in [2.45, 2.75) is 18.9 Å². The van der Waals surface area contributed by atoms with Gasteiger partial charge in [-0.3, -0.25) is 9.67 Å². The number of hydrogen-bond acceptors (Lipinski definition) is 4. The number of halogens is 1. The van der Waals surface area contributed by atoms with Crippen LogP contribution in [0.5, 0.6) is 0 Å². The van der Waals surface area contributed by atoms with Crippen molar-refractivity contribution >= 4 is 6.21 Å². The van der Waals surface area contributed by atoms with Crippen LogP contribution in [0.1, 0.15) is 23.6 Å². The quantitative estimate of drug-likeness (QED) is 0.733. The number of rotatable bonds is 4. The first-order valence-corrected chi connectivity index (χ1v) is 8.08. The lowest BCUT2D eigenvalue weighted by Crippen LogP contribution is -2.11. The third-order valence-electron chi connectivity index (χ3n) is 4.13. The molecular formula is C19H16FN5. The normalized spacial score (nSPS) is 16.3. The molecule has 0 radical (unpaired) electrons. The van der Waals surface area contributed by atoms with Crippen molar-refractivity contribution in [2.24, 2.45) is 4.99 Å². The van der Waals surface area contributed by atoms with E-state index in [9.17, 15) is 4.39 Å². The fraction of sp³-hybridized carbons (Fsp3) is 0.158. The molecule has 2 aromatic heterocycles. The van der Waals surface area contributed by atoms with Crippen molar-refractivity contribution in [3.8, 4) is 11.5 Å². The largest absolute Gasteiger partial charge is 0.269 e. The minimum Gasteiger partial charge on any atom is -0.269 e. The first-order chi connectivity index (χ1) is 12.3. The summed E-state index contributed by atoms with van der Waals surface area (Å²) in [7, 11) is 0. The summed E-state index contributed by atoms with van der Waals surface area (Å²) in [6.07, 6.45) is 9.85. The Morgan fingerprint density at radius 3 is 2.72 bits per heavy atom. The molecular weight excluding hydrogens is 317 g/mol. The van der Waals surface area contributed by atoms with E-state index in [-0.39, 0.29) is 11.7 Å². The predicted octanol–water partition coefficient (Wildman–Crippen LogP) is 3.60. The molecule has 0 N–H and O–H groups in total. The molecule has 1 aliphatic rings. The smallest absolute Gasteiger partial charge is 0.179 e. The number of benzene rings is 1. The maximum absolute atomic E-state index is 14.1. The van der Waals surface area contributed by atoms with Crippen molar-refractivity contribution < 1.29 is 4.39 Å². The summed E-state index contributed by atoms with van der Waals surface area (Å²) in [5.74, 6) is 0.473. The Morgan fingerprint density at radius 2 is 1.96 bits per heavy atom. The molecule has 4 rings (SSSR count). The Kier molecular flexibility index (Phi) is 4.16. The van der Waals surface area contributed by atoms with Gasteiger partial charge >= 0.3 is 0 Å². The molecule has 25 heavy (non-hydrogen) atoms. The van der Waals surface area contributed by atoms with E-state index in [1.807, 2.05) is 29.1 Å². The SMILES string of the molecule is Fc1ccccc1Cn1nc(-c2ncccn2)cc1C1C=CN=CC1. The molecule has 0 bridgehead atoms. The van der Waals surface area contributed by atoms with Crippen molar-refractivity contribution in [3.05, 3.63) is 78.1 Å². The highest BCUT2D eigenvalue weighted by atomic mass is 19.1. The van der Waals surface area contributed by atoms with Crippen LogP contribution >= 0.6 is 0 Å². The fourth-order valence-electron chi connectivity index (χ4n) is 2.87. The molecule has 0 saturated carbocycles. The molecule has 0 spiro atoms. The summed E-state index contributed by atoms with van der Waals surface area (Å²) in [5, 5.41) is 4.64. The highest BCUT2D eigenvalue weighted by molar-refractivity contribution is 5.62. The number of hydrogen-bond donors (Lipinski definition) is 0. The van der Waals surface area contributed by atoms with Gasteiger partial charge in [-0.05, 0) is 24.6 Å². The Labute approximate surface area is 144 Å². The Hall–Kier alpha value is -3.15. The molecule has 0 fully saturated rings. The summed E-state index contributed by atoms with van der Waals surface area (Å²) in [5.41, 5.74) is 2.27. The first-order valence-electron chi connectivity index (χ1n) is 8.08. The van der Waals surface area contributed by atoms with Gasteiger partial charge in [-0.15, -0.1) is 0 Å². The summed E-state index contributed by atoms with van der Waals surface area (Å²) >= 11 is 0. The van der Waals surface area contributed by atoms with Crippen molar-refractivity contribution in [1.29, 1.82) is 0 Å². The second kappa shape index (κ2) is 6.76. The highest BCUT2D eigenvalue weighted by Crippen LogP contribution is 2.27.